The highest BCUT2D eigenvalue weighted by molar-refractivity contribution is 8.22. The summed E-state index contributed by atoms with van der Waals surface area (Å²) in [7, 11) is 4.19. The van der Waals surface area contributed by atoms with Crippen LogP contribution in [0.2, 0.25) is 0 Å². The SMILES string of the molecule is CN(C)CCSC(=S)N1CCCC1.Cl. The van der Waals surface area contributed by atoms with Crippen LogP contribution in [0.25, 0.3) is 0 Å². The van der Waals surface area contributed by atoms with Gasteiger partial charge in [-0.15, -0.1) is 12.4 Å². The van der Waals surface area contributed by atoms with Gasteiger partial charge in [0.2, 0.25) is 0 Å². The largest absolute Gasteiger partial charge is 0.358 e. The van der Waals surface area contributed by atoms with Crippen LogP contribution in [0, 0.1) is 0 Å². The molecule has 1 saturated heterocycles. The predicted molar refractivity (Wildman–Crippen MR) is 71.7 cm³/mol. The van der Waals surface area contributed by atoms with Gasteiger partial charge in [0.25, 0.3) is 0 Å². The van der Waals surface area contributed by atoms with E-state index in [1.165, 1.54) is 25.9 Å². The molecule has 1 heterocycles. The van der Waals surface area contributed by atoms with Crippen LogP contribution in [0.5, 0.6) is 0 Å². The molecule has 0 aliphatic carbocycles. The van der Waals surface area contributed by atoms with E-state index in [9.17, 15) is 0 Å². The summed E-state index contributed by atoms with van der Waals surface area (Å²) in [6, 6.07) is 0. The van der Waals surface area contributed by atoms with Crippen molar-refractivity contribution in [3.63, 3.8) is 0 Å². The summed E-state index contributed by atoms with van der Waals surface area (Å²) in [5.41, 5.74) is 0. The zero-order valence-corrected chi connectivity index (χ0v) is 11.3. The summed E-state index contributed by atoms with van der Waals surface area (Å²) in [6.07, 6.45) is 2.63. The lowest BCUT2D eigenvalue weighted by atomic mass is 10.4. The van der Waals surface area contributed by atoms with Crippen molar-refractivity contribution >= 4 is 40.7 Å². The molecule has 5 heteroatoms. The van der Waals surface area contributed by atoms with Gasteiger partial charge in [-0.3, -0.25) is 0 Å². The summed E-state index contributed by atoms with van der Waals surface area (Å²) >= 11 is 7.15. The molecule has 0 aromatic rings. The fourth-order valence-electron chi connectivity index (χ4n) is 1.31. The lowest BCUT2D eigenvalue weighted by Gasteiger charge is -2.18. The first-order chi connectivity index (χ1) is 6.20. The van der Waals surface area contributed by atoms with E-state index in [0.717, 1.165) is 16.6 Å². The summed E-state index contributed by atoms with van der Waals surface area (Å²) in [4.78, 5) is 4.52. The Hall–Kier alpha value is 0.490. The average Bonchev–Trinajstić information content (AvgIpc) is 2.55. The van der Waals surface area contributed by atoms with Crippen LogP contribution in [0.4, 0.5) is 0 Å². The van der Waals surface area contributed by atoms with Gasteiger partial charge in [0.05, 0.1) is 0 Å². The van der Waals surface area contributed by atoms with E-state index in [4.69, 9.17) is 12.2 Å². The standard InChI is InChI=1S/C9H18N2S2.ClH/c1-10(2)7-8-13-9(12)11-5-3-4-6-11;/h3-8H2,1-2H3;1H. The highest BCUT2D eigenvalue weighted by Crippen LogP contribution is 2.15. The molecule has 0 amide bonds. The molecule has 0 N–H and O–H groups in total. The summed E-state index contributed by atoms with van der Waals surface area (Å²) in [5.74, 6) is 1.11. The second-order valence-electron chi connectivity index (χ2n) is 3.61. The number of thiocarbonyl (C=S) groups is 1. The van der Waals surface area contributed by atoms with Crippen molar-refractivity contribution in [1.82, 2.24) is 9.80 Å². The molecule has 1 rings (SSSR count). The number of nitrogens with zero attached hydrogens (tertiary/aromatic N) is 2. The van der Waals surface area contributed by atoms with Gasteiger partial charge in [-0.2, -0.15) is 0 Å². The van der Waals surface area contributed by atoms with Crippen molar-refractivity contribution in [2.45, 2.75) is 12.8 Å². The predicted octanol–water partition coefficient (Wildman–Crippen LogP) is 2.08. The number of hydrogen-bond acceptors (Lipinski definition) is 3. The molecule has 0 bridgehead atoms. The topological polar surface area (TPSA) is 6.48 Å². The van der Waals surface area contributed by atoms with Crippen LogP contribution >= 0.6 is 36.4 Å². The molecular formula is C9H19ClN2S2. The van der Waals surface area contributed by atoms with Gasteiger partial charge in [0, 0.05) is 25.4 Å². The smallest absolute Gasteiger partial charge is 0.136 e. The Morgan fingerprint density at radius 2 is 1.93 bits per heavy atom. The van der Waals surface area contributed by atoms with E-state index in [1.54, 1.807) is 0 Å². The third-order valence-electron chi connectivity index (χ3n) is 2.13. The maximum atomic E-state index is 5.34. The van der Waals surface area contributed by atoms with Crippen molar-refractivity contribution in [3.8, 4) is 0 Å². The molecule has 1 aliphatic heterocycles. The molecule has 84 valence electrons. The van der Waals surface area contributed by atoms with Gasteiger partial charge in [-0.1, -0.05) is 24.0 Å². The van der Waals surface area contributed by atoms with E-state index in [0.29, 0.717) is 0 Å². The Balaban J connectivity index is 0.00000169. The number of halogens is 1. The quantitative estimate of drug-likeness (QED) is 0.712. The fraction of sp³-hybridized carbons (Fsp3) is 0.889. The Morgan fingerprint density at radius 1 is 1.36 bits per heavy atom. The molecule has 14 heavy (non-hydrogen) atoms. The molecule has 0 radical (unpaired) electrons. The lowest BCUT2D eigenvalue weighted by Crippen LogP contribution is -2.25. The second-order valence-corrected chi connectivity index (χ2v) is 5.34. The Kier molecular flexibility index (Phi) is 8.01. The van der Waals surface area contributed by atoms with Crippen molar-refractivity contribution in [2.24, 2.45) is 0 Å². The average molecular weight is 255 g/mol. The number of hydrogen-bond donors (Lipinski definition) is 0. The van der Waals surface area contributed by atoms with Crippen molar-refractivity contribution in [2.75, 3.05) is 39.5 Å². The first kappa shape index (κ1) is 14.5. The number of likely N-dealkylation sites (tertiary alicyclic amines) is 1. The van der Waals surface area contributed by atoms with E-state index >= 15 is 0 Å². The maximum Gasteiger partial charge on any atom is 0.136 e. The van der Waals surface area contributed by atoms with Gasteiger partial charge in [-0.25, -0.2) is 0 Å². The summed E-state index contributed by atoms with van der Waals surface area (Å²) in [6.45, 7) is 3.46. The molecule has 0 atom stereocenters. The Morgan fingerprint density at radius 3 is 2.43 bits per heavy atom. The van der Waals surface area contributed by atoms with Gasteiger partial charge < -0.3 is 9.80 Å². The molecule has 1 aliphatic rings. The van der Waals surface area contributed by atoms with Crippen molar-refractivity contribution in [1.29, 1.82) is 0 Å². The van der Waals surface area contributed by atoms with Crippen LogP contribution in [-0.2, 0) is 0 Å². The van der Waals surface area contributed by atoms with Gasteiger partial charge in [0.1, 0.15) is 4.32 Å². The molecule has 0 aromatic carbocycles. The number of rotatable bonds is 3. The molecule has 1 fully saturated rings. The molecule has 2 nitrogen and oxygen atoms in total. The number of thioether (sulfide) groups is 1. The second kappa shape index (κ2) is 7.74. The first-order valence-electron chi connectivity index (χ1n) is 4.76. The molecular weight excluding hydrogens is 236 g/mol. The van der Waals surface area contributed by atoms with Gasteiger partial charge >= 0.3 is 0 Å². The zero-order chi connectivity index (χ0) is 9.68. The zero-order valence-electron chi connectivity index (χ0n) is 8.86. The van der Waals surface area contributed by atoms with Crippen LogP contribution < -0.4 is 0 Å². The highest BCUT2D eigenvalue weighted by atomic mass is 35.5. The normalized spacial score (nSPS) is 15.8. The minimum Gasteiger partial charge on any atom is -0.358 e. The monoisotopic (exact) mass is 254 g/mol. The highest BCUT2D eigenvalue weighted by Gasteiger charge is 2.14. The fourth-order valence-corrected chi connectivity index (χ4v) is 2.74. The molecule has 0 unspecified atom stereocenters. The third kappa shape index (κ3) is 5.39. The van der Waals surface area contributed by atoms with E-state index < -0.39 is 0 Å². The van der Waals surface area contributed by atoms with E-state index in [1.807, 2.05) is 11.8 Å². The molecule has 0 aromatic heterocycles. The molecule has 0 spiro atoms. The Bertz CT molecular complexity index is 170. The van der Waals surface area contributed by atoms with Crippen LogP contribution in [0.3, 0.4) is 0 Å². The van der Waals surface area contributed by atoms with Crippen LogP contribution in [0.15, 0.2) is 0 Å². The van der Waals surface area contributed by atoms with Crippen LogP contribution in [-0.4, -0.2) is 53.6 Å². The lowest BCUT2D eigenvalue weighted by molar-refractivity contribution is 0.437. The third-order valence-corrected chi connectivity index (χ3v) is 3.63. The van der Waals surface area contributed by atoms with Gasteiger partial charge in [0.15, 0.2) is 0 Å². The van der Waals surface area contributed by atoms with E-state index in [-0.39, 0.29) is 12.4 Å². The Labute approximate surface area is 103 Å². The minimum atomic E-state index is 0. The van der Waals surface area contributed by atoms with Crippen LogP contribution in [0.1, 0.15) is 12.8 Å². The summed E-state index contributed by atoms with van der Waals surface area (Å²) in [5, 5.41) is 0. The first-order valence-corrected chi connectivity index (χ1v) is 6.16. The summed E-state index contributed by atoms with van der Waals surface area (Å²) < 4.78 is 1.10. The minimum absolute atomic E-state index is 0. The van der Waals surface area contributed by atoms with Crippen molar-refractivity contribution in [3.05, 3.63) is 0 Å². The maximum absolute atomic E-state index is 5.34. The molecule has 0 saturated carbocycles. The van der Waals surface area contributed by atoms with E-state index in [2.05, 4.69) is 23.9 Å². The van der Waals surface area contributed by atoms with Crippen molar-refractivity contribution < 1.29 is 0 Å². The van der Waals surface area contributed by atoms with Gasteiger partial charge in [-0.05, 0) is 26.9 Å².